The number of aromatic nitrogens is 1. The number of halogens is 1. The molecule has 3 N–H and O–H groups in total. The Morgan fingerprint density at radius 3 is 2.95 bits per heavy atom. The molecular formula is C16H22ClN3OS. The van der Waals surface area contributed by atoms with Gasteiger partial charge in [0.1, 0.15) is 5.01 Å². The molecule has 0 bridgehead atoms. The van der Waals surface area contributed by atoms with Gasteiger partial charge in [0, 0.05) is 5.54 Å². The minimum absolute atomic E-state index is 0. The molecule has 0 spiro atoms. The maximum atomic E-state index is 12.4. The van der Waals surface area contributed by atoms with Crippen molar-refractivity contribution in [2.45, 2.75) is 44.7 Å². The molecular weight excluding hydrogens is 318 g/mol. The van der Waals surface area contributed by atoms with Crippen molar-refractivity contribution in [2.24, 2.45) is 11.7 Å². The summed E-state index contributed by atoms with van der Waals surface area (Å²) in [7, 11) is 0. The first-order chi connectivity index (χ1) is 10.1. The van der Waals surface area contributed by atoms with Gasteiger partial charge >= 0.3 is 0 Å². The molecule has 0 radical (unpaired) electrons. The Morgan fingerprint density at radius 2 is 2.23 bits per heavy atom. The normalized spacial score (nSPS) is 24.7. The highest BCUT2D eigenvalue weighted by Crippen LogP contribution is 2.31. The number of hydrogen-bond acceptors (Lipinski definition) is 4. The monoisotopic (exact) mass is 339 g/mol. The maximum Gasteiger partial charge on any atom is 0.225 e. The quantitative estimate of drug-likeness (QED) is 0.902. The van der Waals surface area contributed by atoms with E-state index in [2.05, 4.69) is 16.4 Å². The first kappa shape index (κ1) is 17.2. The van der Waals surface area contributed by atoms with E-state index in [-0.39, 0.29) is 29.8 Å². The summed E-state index contributed by atoms with van der Waals surface area (Å²) in [6.07, 6.45) is 4.02. The van der Waals surface area contributed by atoms with Gasteiger partial charge in [-0.2, -0.15) is 0 Å². The van der Waals surface area contributed by atoms with Gasteiger partial charge in [-0.3, -0.25) is 4.79 Å². The number of thiazole rings is 1. The summed E-state index contributed by atoms with van der Waals surface area (Å²) < 4.78 is 1.16. The zero-order valence-corrected chi connectivity index (χ0v) is 14.3. The fourth-order valence-electron chi connectivity index (χ4n) is 3.07. The van der Waals surface area contributed by atoms with E-state index in [9.17, 15) is 4.79 Å². The second-order valence-electron chi connectivity index (χ2n) is 6.10. The van der Waals surface area contributed by atoms with Crippen LogP contribution in [0.3, 0.4) is 0 Å². The number of carbonyl (C=O) groups is 1. The molecule has 120 valence electrons. The van der Waals surface area contributed by atoms with Crippen LogP contribution in [0.2, 0.25) is 0 Å². The van der Waals surface area contributed by atoms with Gasteiger partial charge in [-0.1, -0.05) is 25.0 Å². The van der Waals surface area contributed by atoms with Crippen LogP contribution in [0.5, 0.6) is 0 Å². The number of amides is 1. The predicted molar refractivity (Wildman–Crippen MR) is 93.3 cm³/mol. The topological polar surface area (TPSA) is 68.0 Å². The molecule has 4 nitrogen and oxygen atoms in total. The molecule has 1 saturated carbocycles. The van der Waals surface area contributed by atoms with E-state index in [4.69, 9.17) is 5.73 Å². The lowest BCUT2D eigenvalue weighted by Gasteiger charge is -2.37. The van der Waals surface area contributed by atoms with Crippen LogP contribution in [0.15, 0.2) is 24.3 Å². The number of hydrogen-bond donors (Lipinski definition) is 2. The summed E-state index contributed by atoms with van der Waals surface area (Å²) in [6, 6.07) is 8.03. The maximum absolute atomic E-state index is 12.4. The van der Waals surface area contributed by atoms with E-state index in [1.807, 2.05) is 25.1 Å². The van der Waals surface area contributed by atoms with Crippen LogP contribution >= 0.6 is 23.7 Å². The number of nitrogens with two attached hydrogens (primary N) is 1. The molecule has 1 amide bonds. The van der Waals surface area contributed by atoms with Crippen LogP contribution in [0, 0.1) is 5.92 Å². The van der Waals surface area contributed by atoms with Crippen LogP contribution in [0.25, 0.3) is 10.2 Å². The summed E-state index contributed by atoms with van der Waals surface area (Å²) in [5, 5.41) is 3.96. The average molecular weight is 340 g/mol. The molecule has 1 fully saturated rings. The van der Waals surface area contributed by atoms with Gasteiger partial charge in [-0.05, 0) is 31.9 Å². The van der Waals surface area contributed by atoms with Crippen molar-refractivity contribution in [3.63, 3.8) is 0 Å². The standard InChI is InChI=1S/C16H21N3OS.ClH/c1-16(17)9-5-4-6-11(16)15(20)18-10-14-19-12-7-2-3-8-13(12)21-14;/h2-3,7-8,11H,4-6,9-10,17H2,1H3,(H,18,20);1H. The first-order valence-corrected chi connectivity index (χ1v) is 8.29. The van der Waals surface area contributed by atoms with E-state index in [1.54, 1.807) is 11.3 Å². The van der Waals surface area contributed by atoms with Gasteiger partial charge in [0.25, 0.3) is 0 Å². The number of para-hydroxylation sites is 1. The Labute approximate surface area is 140 Å². The molecule has 1 aliphatic rings. The lowest BCUT2D eigenvalue weighted by atomic mass is 9.74. The van der Waals surface area contributed by atoms with E-state index < -0.39 is 0 Å². The second-order valence-corrected chi connectivity index (χ2v) is 7.21. The summed E-state index contributed by atoms with van der Waals surface area (Å²) in [6.45, 7) is 2.48. The van der Waals surface area contributed by atoms with Crippen molar-refractivity contribution in [3.05, 3.63) is 29.3 Å². The molecule has 2 atom stereocenters. The third kappa shape index (κ3) is 3.59. The summed E-state index contributed by atoms with van der Waals surface area (Å²) >= 11 is 1.63. The fraction of sp³-hybridized carbons (Fsp3) is 0.500. The number of fused-ring (bicyclic) bond motifs is 1. The summed E-state index contributed by atoms with van der Waals surface area (Å²) in [5.74, 6) is -0.0143. The third-order valence-corrected chi connectivity index (χ3v) is 5.36. The van der Waals surface area contributed by atoms with E-state index in [1.165, 1.54) is 0 Å². The van der Waals surface area contributed by atoms with Crippen molar-refractivity contribution in [3.8, 4) is 0 Å². The van der Waals surface area contributed by atoms with E-state index in [0.29, 0.717) is 6.54 Å². The molecule has 0 aliphatic heterocycles. The van der Waals surface area contributed by atoms with Crippen molar-refractivity contribution in [2.75, 3.05) is 0 Å². The molecule has 22 heavy (non-hydrogen) atoms. The molecule has 1 aromatic carbocycles. The van der Waals surface area contributed by atoms with Crippen LogP contribution in [0.4, 0.5) is 0 Å². The zero-order valence-electron chi connectivity index (χ0n) is 12.7. The number of nitrogens with zero attached hydrogens (tertiary/aromatic N) is 1. The minimum atomic E-state index is -0.379. The largest absolute Gasteiger partial charge is 0.349 e. The molecule has 2 aromatic rings. The molecule has 3 rings (SSSR count). The lowest BCUT2D eigenvalue weighted by molar-refractivity contribution is -0.128. The molecule has 1 heterocycles. The Kier molecular flexibility index (Phi) is 5.42. The summed E-state index contributed by atoms with van der Waals surface area (Å²) in [4.78, 5) is 16.9. The third-order valence-electron chi connectivity index (χ3n) is 4.32. The lowest BCUT2D eigenvalue weighted by Crippen LogP contribution is -2.52. The molecule has 1 aromatic heterocycles. The second kappa shape index (κ2) is 6.94. The van der Waals surface area contributed by atoms with Gasteiger partial charge in [-0.25, -0.2) is 4.98 Å². The number of rotatable bonds is 3. The predicted octanol–water partition coefficient (Wildman–Crippen LogP) is 3.24. The highest BCUT2D eigenvalue weighted by molar-refractivity contribution is 7.18. The Morgan fingerprint density at radius 1 is 1.45 bits per heavy atom. The average Bonchev–Trinajstić information content (AvgIpc) is 2.87. The van der Waals surface area contributed by atoms with Crippen molar-refractivity contribution >= 4 is 39.9 Å². The first-order valence-electron chi connectivity index (χ1n) is 7.47. The molecule has 0 saturated heterocycles. The SMILES string of the molecule is CC1(N)CCCCC1C(=O)NCc1nc2ccccc2s1.Cl. The molecule has 2 unspecified atom stereocenters. The zero-order chi connectivity index (χ0) is 14.9. The van der Waals surface area contributed by atoms with E-state index >= 15 is 0 Å². The molecule has 1 aliphatic carbocycles. The van der Waals surface area contributed by atoms with Gasteiger partial charge in [0.15, 0.2) is 0 Å². The van der Waals surface area contributed by atoms with Crippen LogP contribution in [-0.4, -0.2) is 16.4 Å². The Bertz CT molecular complexity index is 623. The van der Waals surface area contributed by atoms with Crippen molar-refractivity contribution < 1.29 is 4.79 Å². The summed E-state index contributed by atoms with van der Waals surface area (Å²) in [5.41, 5.74) is 6.89. The molecule has 6 heteroatoms. The van der Waals surface area contributed by atoms with Crippen LogP contribution in [0.1, 0.15) is 37.6 Å². The van der Waals surface area contributed by atoms with Gasteiger partial charge in [-0.15, -0.1) is 23.7 Å². The number of nitrogens with one attached hydrogen (secondary N) is 1. The van der Waals surface area contributed by atoms with Crippen LogP contribution < -0.4 is 11.1 Å². The van der Waals surface area contributed by atoms with Gasteiger partial charge < -0.3 is 11.1 Å². The highest BCUT2D eigenvalue weighted by atomic mass is 35.5. The van der Waals surface area contributed by atoms with Crippen molar-refractivity contribution in [1.82, 2.24) is 10.3 Å². The van der Waals surface area contributed by atoms with Gasteiger partial charge in [0.2, 0.25) is 5.91 Å². The van der Waals surface area contributed by atoms with Crippen molar-refractivity contribution in [1.29, 1.82) is 0 Å². The Balaban J connectivity index is 0.00000176. The Hall–Kier alpha value is -1.17. The number of benzene rings is 1. The highest BCUT2D eigenvalue weighted by Gasteiger charge is 2.37. The smallest absolute Gasteiger partial charge is 0.225 e. The number of carbonyl (C=O) groups excluding carboxylic acids is 1. The minimum Gasteiger partial charge on any atom is -0.349 e. The van der Waals surface area contributed by atoms with Crippen LogP contribution in [-0.2, 0) is 11.3 Å². The fourth-order valence-corrected chi connectivity index (χ4v) is 3.98. The van der Waals surface area contributed by atoms with E-state index in [0.717, 1.165) is 40.9 Å². The van der Waals surface area contributed by atoms with Gasteiger partial charge in [0.05, 0.1) is 22.7 Å².